The summed E-state index contributed by atoms with van der Waals surface area (Å²) in [5.41, 5.74) is 0. The fourth-order valence-corrected chi connectivity index (χ4v) is 2.71. The van der Waals surface area contributed by atoms with Crippen LogP contribution in [0.3, 0.4) is 0 Å². The van der Waals surface area contributed by atoms with E-state index in [1.165, 1.54) is 25.9 Å². The van der Waals surface area contributed by atoms with Crippen LogP contribution in [-0.4, -0.2) is 54.9 Å². The van der Waals surface area contributed by atoms with Gasteiger partial charge in [-0.25, -0.2) is 4.79 Å². The van der Waals surface area contributed by atoms with Crippen LogP contribution >= 0.6 is 0 Å². The topological polar surface area (TPSA) is 64.6 Å². The second-order valence-electron chi connectivity index (χ2n) is 6.45. The molecule has 0 saturated carbocycles. The molecular formula is C16H33N3O2. The summed E-state index contributed by atoms with van der Waals surface area (Å²) in [7, 11) is 0. The number of urea groups is 1. The normalized spacial score (nSPS) is 18.7. The minimum atomic E-state index is -0.339. The Morgan fingerprint density at radius 3 is 2.43 bits per heavy atom. The van der Waals surface area contributed by atoms with Gasteiger partial charge < -0.3 is 20.6 Å². The number of carbonyl (C=O) groups excluding carboxylic acids is 1. The molecule has 124 valence electrons. The first-order valence-electron chi connectivity index (χ1n) is 8.45. The van der Waals surface area contributed by atoms with Crippen molar-refractivity contribution in [2.75, 3.05) is 32.7 Å². The summed E-state index contributed by atoms with van der Waals surface area (Å²) in [5.74, 6) is 0.986. The number of aliphatic hydroxyl groups excluding tert-OH is 1. The lowest BCUT2D eigenvalue weighted by Crippen LogP contribution is -2.39. The Hall–Kier alpha value is -0.810. The average Bonchev–Trinajstić information content (AvgIpc) is 2.47. The highest BCUT2D eigenvalue weighted by Gasteiger charge is 2.17. The lowest BCUT2D eigenvalue weighted by atomic mass is 9.93. The Morgan fingerprint density at radius 2 is 1.86 bits per heavy atom. The molecule has 1 saturated heterocycles. The summed E-state index contributed by atoms with van der Waals surface area (Å²) in [6.45, 7) is 11.0. The number of hydrogen-bond donors (Lipinski definition) is 3. The molecule has 1 heterocycles. The number of likely N-dealkylation sites (tertiary alicyclic amines) is 1. The van der Waals surface area contributed by atoms with E-state index in [1.54, 1.807) is 0 Å². The zero-order valence-electron chi connectivity index (χ0n) is 13.9. The van der Waals surface area contributed by atoms with Crippen molar-refractivity contribution in [3.63, 3.8) is 0 Å². The highest BCUT2D eigenvalue weighted by atomic mass is 16.3. The predicted molar refractivity (Wildman–Crippen MR) is 86.3 cm³/mol. The monoisotopic (exact) mass is 299 g/mol. The molecule has 5 heteroatoms. The van der Waals surface area contributed by atoms with Gasteiger partial charge in [0, 0.05) is 13.1 Å². The Kier molecular flexibility index (Phi) is 8.69. The molecule has 0 radical (unpaired) electrons. The highest BCUT2D eigenvalue weighted by molar-refractivity contribution is 5.73. The maximum absolute atomic E-state index is 11.6. The van der Waals surface area contributed by atoms with Crippen LogP contribution in [0.15, 0.2) is 0 Å². The molecule has 3 N–H and O–H groups in total. The molecule has 0 spiro atoms. The molecule has 21 heavy (non-hydrogen) atoms. The van der Waals surface area contributed by atoms with Crippen molar-refractivity contribution >= 4 is 6.03 Å². The number of nitrogens with one attached hydrogen (secondary N) is 2. The van der Waals surface area contributed by atoms with Crippen LogP contribution in [0.4, 0.5) is 4.79 Å². The molecule has 2 amide bonds. The van der Waals surface area contributed by atoms with E-state index in [0.717, 1.165) is 25.4 Å². The van der Waals surface area contributed by atoms with E-state index >= 15 is 0 Å². The maximum atomic E-state index is 11.6. The van der Waals surface area contributed by atoms with Gasteiger partial charge in [-0.05, 0) is 57.2 Å². The van der Waals surface area contributed by atoms with E-state index < -0.39 is 0 Å². The fraction of sp³-hybridized carbons (Fsp3) is 0.938. The Balaban J connectivity index is 2.01. The molecule has 5 nitrogen and oxygen atoms in total. The summed E-state index contributed by atoms with van der Waals surface area (Å²) in [6, 6.07) is -0.114. The molecule has 1 rings (SSSR count). The van der Waals surface area contributed by atoms with Crippen LogP contribution in [0.2, 0.25) is 0 Å². The molecule has 0 aromatic rings. The summed E-state index contributed by atoms with van der Waals surface area (Å²) in [5, 5.41) is 15.4. The van der Waals surface area contributed by atoms with Crippen molar-refractivity contribution in [1.29, 1.82) is 0 Å². The second-order valence-corrected chi connectivity index (χ2v) is 6.45. The van der Waals surface area contributed by atoms with Crippen molar-refractivity contribution in [1.82, 2.24) is 15.5 Å². The second kappa shape index (κ2) is 10.0. The van der Waals surface area contributed by atoms with Crippen molar-refractivity contribution in [3.05, 3.63) is 0 Å². The molecule has 0 aromatic carbocycles. The number of nitrogens with zero attached hydrogens (tertiary/aromatic N) is 1. The van der Waals surface area contributed by atoms with E-state index in [4.69, 9.17) is 0 Å². The van der Waals surface area contributed by atoms with Crippen molar-refractivity contribution in [2.45, 2.75) is 52.6 Å². The fourth-order valence-electron chi connectivity index (χ4n) is 2.71. The Morgan fingerprint density at radius 1 is 1.24 bits per heavy atom. The molecule has 1 aliphatic heterocycles. The zero-order chi connectivity index (χ0) is 15.7. The first-order chi connectivity index (χ1) is 10.0. The number of amides is 2. The van der Waals surface area contributed by atoms with Crippen LogP contribution in [0.25, 0.3) is 0 Å². The van der Waals surface area contributed by atoms with Crippen LogP contribution in [-0.2, 0) is 0 Å². The Bertz CT molecular complexity index is 289. The van der Waals surface area contributed by atoms with Crippen LogP contribution in [0.1, 0.15) is 46.5 Å². The van der Waals surface area contributed by atoms with Gasteiger partial charge in [0.1, 0.15) is 0 Å². The van der Waals surface area contributed by atoms with Gasteiger partial charge in [0.25, 0.3) is 0 Å². The molecule has 0 aromatic heterocycles. The molecule has 0 bridgehead atoms. The molecular weight excluding hydrogens is 266 g/mol. The maximum Gasteiger partial charge on any atom is 0.314 e. The molecule has 0 aliphatic carbocycles. The third-order valence-corrected chi connectivity index (χ3v) is 4.49. The van der Waals surface area contributed by atoms with Gasteiger partial charge in [0.15, 0.2) is 0 Å². The van der Waals surface area contributed by atoms with Gasteiger partial charge in [0.05, 0.1) is 6.10 Å². The van der Waals surface area contributed by atoms with E-state index in [2.05, 4.69) is 22.5 Å². The van der Waals surface area contributed by atoms with Crippen molar-refractivity contribution in [3.8, 4) is 0 Å². The minimum absolute atomic E-state index is 0.114. The first kappa shape index (κ1) is 18.2. The number of piperidine rings is 1. The predicted octanol–water partition coefficient (Wildman–Crippen LogP) is 1.81. The summed E-state index contributed by atoms with van der Waals surface area (Å²) in [6.07, 6.45) is 3.84. The van der Waals surface area contributed by atoms with E-state index in [1.807, 2.05) is 13.8 Å². The third-order valence-electron chi connectivity index (χ3n) is 4.49. The van der Waals surface area contributed by atoms with Gasteiger partial charge in [-0.3, -0.25) is 0 Å². The average molecular weight is 299 g/mol. The summed E-state index contributed by atoms with van der Waals surface area (Å²) >= 11 is 0. The SMILES string of the molecule is CCN1CCC(CCNC(=O)NCCC(O)C(C)C)CC1. The van der Waals surface area contributed by atoms with Crippen molar-refractivity contribution in [2.24, 2.45) is 11.8 Å². The summed E-state index contributed by atoms with van der Waals surface area (Å²) in [4.78, 5) is 14.1. The molecule has 1 unspecified atom stereocenters. The number of aliphatic hydroxyl groups is 1. The van der Waals surface area contributed by atoms with Crippen LogP contribution < -0.4 is 10.6 Å². The molecule has 1 aliphatic rings. The van der Waals surface area contributed by atoms with Gasteiger partial charge in [0.2, 0.25) is 0 Å². The van der Waals surface area contributed by atoms with Gasteiger partial charge in [-0.15, -0.1) is 0 Å². The van der Waals surface area contributed by atoms with Crippen LogP contribution in [0, 0.1) is 11.8 Å². The van der Waals surface area contributed by atoms with Crippen LogP contribution in [0.5, 0.6) is 0 Å². The molecule has 1 fully saturated rings. The third kappa shape index (κ3) is 7.67. The largest absolute Gasteiger partial charge is 0.393 e. The zero-order valence-corrected chi connectivity index (χ0v) is 13.9. The Labute approximate surface area is 129 Å². The lowest BCUT2D eigenvalue weighted by molar-refractivity contribution is 0.116. The smallest absolute Gasteiger partial charge is 0.314 e. The van der Waals surface area contributed by atoms with Gasteiger partial charge >= 0.3 is 6.03 Å². The number of hydrogen-bond acceptors (Lipinski definition) is 3. The highest BCUT2D eigenvalue weighted by Crippen LogP contribution is 2.19. The van der Waals surface area contributed by atoms with E-state index in [-0.39, 0.29) is 18.1 Å². The molecule has 1 atom stereocenters. The van der Waals surface area contributed by atoms with Gasteiger partial charge in [-0.1, -0.05) is 20.8 Å². The van der Waals surface area contributed by atoms with E-state index in [0.29, 0.717) is 13.0 Å². The van der Waals surface area contributed by atoms with Gasteiger partial charge in [-0.2, -0.15) is 0 Å². The standard InChI is InChI=1S/C16H33N3O2/c1-4-19-11-7-14(8-12-19)5-9-17-16(21)18-10-6-15(20)13(2)3/h13-15,20H,4-12H2,1-3H3,(H2,17,18,21). The van der Waals surface area contributed by atoms with E-state index in [9.17, 15) is 9.90 Å². The lowest BCUT2D eigenvalue weighted by Gasteiger charge is -2.31. The summed E-state index contributed by atoms with van der Waals surface area (Å²) < 4.78 is 0. The number of rotatable bonds is 8. The minimum Gasteiger partial charge on any atom is -0.393 e. The first-order valence-corrected chi connectivity index (χ1v) is 8.45. The van der Waals surface area contributed by atoms with Crippen molar-refractivity contribution < 1.29 is 9.90 Å². The number of carbonyl (C=O) groups is 1. The quantitative estimate of drug-likeness (QED) is 0.640.